The molecule has 6 heteroatoms. The molecular weight excluding hydrogens is 341 g/mol. The zero-order valence-corrected chi connectivity index (χ0v) is 14.1. The Labute approximate surface area is 146 Å². The molecule has 0 unspecified atom stereocenters. The second-order valence-corrected chi connectivity index (χ2v) is 6.38. The van der Waals surface area contributed by atoms with Gasteiger partial charge in [-0.15, -0.1) is 0 Å². The number of aromatic nitrogens is 2. The Kier molecular flexibility index (Phi) is 3.47. The van der Waals surface area contributed by atoms with E-state index in [1.807, 2.05) is 48.0 Å². The lowest BCUT2D eigenvalue weighted by atomic mass is 10.0. The number of aryl methyl sites for hydroxylation is 2. The van der Waals surface area contributed by atoms with Gasteiger partial charge in [-0.25, -0.2) is 0 Å². The molecule has 0 saturated carbocycles. The molecule has 0 aliphatic rings. The SMILES string of the molecule is Cc1cc2c(cc(-c3ccccc3)n2C)c2c(=O)cc(C(F)(F)F)[nH]c12. The van der Waals surface area contributed by atoms with Gasteiger partial charge in [-0.1, -0.05) is 30.3 Å². The maximum atomic E-state index is 13.1. The van der Waals surface area contributed by atoms with Crippen LogP contribution in [-0.2, 0) is 13.2 Å². The lowest BCUT2D eigenvalue weighted by molar-refractivity contribution is -0.141. The van der Waals surface area contributed by atoms with E-state index >= 15 is 0 Å². The van der Waals surface area contributed by atoms with Crippen molar-refractivity contribution in [2.75, 3.05) is 0 Å². The number of fused-ring (bicyclic) bond motifs is 3. The minimum atomic E-state index is -4.60. The molecule has 2 aromatic heterocycles. The van der Waals surface area contributed by atoms with Crippen LogP contribution in [0.5, 0.6) is 0 Å². The van der Waals surface area contributed by atoms with Crippen molar-refractivity contribution in [1.82, 2.24) is 9.55 Å². The molecule has 1 N–H and O–H groups in total. The fourth-order valence-electron chi connectivity index (χ4n) is 3.43. The Hall–Kier alpha value is -3.02. The Morgan fingerprint density at radius 2 is 1.73 bits per heavy atom. The molecule has 0 atom stereocenters. The van der Waals surface area contributed by atoms with Crippen LogP contribution in [-0.4, -0.2) is 9.55 Å². The summed E-state index contributed by atoms with van der Waals surface area (Å²) in [4.78, 5) is 14.9. The number of nitrogens with one attached hydrogen (secondary N) is 1. The number of nitrogens with zero attached hydrogens (tertiary/aromatic N) is 1. The number of hydrogen-bond acceptors (Lipinski definition) is 1. The summed E-state index contributed by atoms with van der Waals surface area (Å²) in [5.74, 6) is 0. The number of hydrogen-bond donors (Lipinski definition) is 1. The van der Waals surface area contributed by atoms with Crippen molar-refractivity contribution in [2.45, 2.75) is 13.1 Å². The van der Waals surface area contributed by atoms with Crippen molar-refractivity contribution < 1.29 is 13.2 Å². The number of alkyl halides is 3. The van der Waals surface area contributed by atoms with Gasteiger partial charge >= 0.3 is 6.18 Å². The summed E-state index contributed by atoms with van der Waals surface area (Å²) in [6, 6.07) is 13.9. The monoisotopic (exact) mass is 356 g/mol. The first-order valence-corrected chi connectivity index (χ1v) is 8.06. The van der Waals surface area contributed by atoms with Gasteiger partial charge in [0.2, 0.25) is 0 Å². The molecule has 3 nitrogen and oxygen atoms in total. The van der Waals surface area contributed by atoms with Crippen LogP contribution in [0.25, 0.3) is 33.1 Å². The van der Waals surface area contributed by atoms with E-state index in [1.165, 1.54) is 0 Å². The molecule has 132 valence electrons. The lowest BCUT2D eigenvalue weighted by Gasteiger charge is -2.11. The maximum absolute atomic E-state index is 13.1. The first kappa shape index (κ1) is 16.4. The van der Waals surface area contributed by atoms with Crippen LogP contribution in [0.15, 0.2) is 53.3 Å². The van der Waals surface area contributed by atoms with Gasteiger partial charge in [0.1, 0.15) is 5.69 Å². The highest BCUT2D eigenvalue weighted by Gasteiger charge is 2.32. The first-order chi connectivity index (χ1) is 12.3. The summed E-state index contributed by atoms with van der Waals surface area (Å²) in [5.41, 5.74) is 1.83. The number of H-pyrrole nitrogens is 1. The molecular formula is C20H15F3N2O. The predicted molar refractivity (Wildman–Crippen MR) is 96.2 cm³/mol. The number of halogens is 3. The molecule has 0 fully saturated rings. The zero-order chi connectivity index (χ0) is 18.6. The second-order valence-electron chi connectivity index (χ2n) is 6.38. The Morgan fingerprint density at radius 3 is 2.38 bits per heavy atom. The third kappa shape index (κ3) is 2.41. The molecule has 0 saturated heterocycles. The highest BCUT2D eigenvalue weighted by molar-refractivity contribution is 6.08. The normalized spacial score (nSPS) is 12.2. The average Bonchev–Trinajstić information content (AvgIpc) is 2.91. The van der Waals surface area contributed by atoms with Crippen LogP contribution in [0.2, 0.25) is 0 Å². The van der Waals surface area contributed by atoms with E-state index in [0.717, 1.165) is 16.8 Å². The molecule has 0 bridgehead atoms. The van der Waals surface area contributed by atoms with Crippen LogP contribution in [0.4, 0.5) is 13.2 Å². The van der Waals surface area contributed by atoms with E-state index in [4.69, 9.17) is 0 Å². The molecule has 0 aliphatic heterocycles. The first-order valence-electron chi connectivity index (χ1n) is 8.06. The summed E-state index contributed by atoms with van der Waals surface area (Å²) in [7, 11) is 1.88. The van der Waals surface area contributed by atoms with Crippen molar-refractivity contribution in [3.8, 4) is 11.3 Å². The molecule has 2 aromatic carbocycles. The van der Waals surface area contributed by atoms with Crippen LogP contribution in [0, 0.1) is 6.92 Å². The van der Waals surface area contributed by atoms with Crippen LogP contribution < -0.4 is 5.43 Å². The molecule has 4 rings (SSSR count). The minimum absolute atomic E-state index is 0.225. The van der Waals surface area contributed by atoms with Gasteiger partial charge in [0.15, 0.2) is 5.43 Å². The highest BCUT2D eigenvalue weighted by atomic mass is 19.4. The van der Waals surface area contributed by atoms with E-state index in [1.54, 1.807) is 13.0 Å². The molecule has 0 aliphatic carbocycles. The Balaban J connectivity index is 2.12. The van der Waals surface area contributed by atoms with Gasteiger partial charge in [-0.05, 0) is 30.2 Å². The van der Waals surface area contributed by atoms with Crippen molar-refractivity contribution in [2.24, 2.45) is 7.05 Å². The second kappa shape index (κ2) is 5.49. The molecule has 0 amide bonds. The molecule has 0 radical (unpaired) electrons. The standard InChI is InChI=1S/C20H15F3N2O/c1-11-8-15-13(9-14(25(15)2)12-6-4-3-5-7-12)18-16(26)10-17(20(21,22)23)24-19(11)18/h3-10H,1-2H3,(H,24,26). The van der Waals surface area contributed by atoms with Gasteiger partial charge in [0.05, 0.1) is 10.9 Å². The van der Waals surface area contributed by atoms with Crippen molar-refractivity contribution in [1.29, 1.82) is 0 Å². The maximum Gasteiger partial charge on any atom is 0.431 e. The summed E-state index contributed by atoms with van der Waals surface area (Å²) >= 11 is 0. The molecule has 4 aromatic rings. The molecule has 0 spiro atoms. The van der Waals surface area contributed by atoms with Gasteiger partial charge in [0.25, 0.3) is 0 Å². The molecule has 2 heterocycles. The summed E-state index contributed by atoms with van der Waals surface area (Å²) in [6.45, 7) is 1.70. The lowest BCUT2D eigenvalue weighted by Crippen LogP contribution is -2.14. The summed E-state index contributed by atoms with van der Waals surface area (Å²) in [6.07, 6.45) is -4.60. The van der Waals surface area contributed by atoms with Crippen LogP contribution in [0.3, 0.4) is 0 Å². The fourth-order valence-corrected chi connectivity index (χ4v) is 3.43. The Bertz CT molecular complexity index is 1200. The van der Waals surface area contributed by atoms with Crippen molar-refractivity contribution in [3.05, 3.63) is 70.0 Å². The van der Waals surface area contributed by atoms with Gasteiger partial charge in [0, 0.05) is 29.7 Å². The number of rotatable bonds is 1. The quantitative estimate of drug-likeness (QED) is 0.511. The molecule has 26 heavy (non-hydrogen) atoms. The van der Waals surface area contributed by atoms with Gasteiger partial charge in [-0.3, -0.25) is 4.79 Å². The van der Waals surface area contributed by atoms with Crippen molar-refractivity contribution >= 4 is 21.8 Å². The highest BCUT2D eigenvalue weighted by Crippen LogP contribution is 2.34. The van der Waals surface area contributed by atoms with E-state index in [2.05, 4.69) is 4.98 Å². The smallest absolute Gasteiger partial charge is 0.351 e. The van der Waals surface area contributed by atoms with E-state index in [0.29, 0.717) is 17.0 Å². The number of benzene rings is 2. The van der Waals surface area contributed by atoms with E-state index in [-0.39, 0.29) is 10.9 Å². The van der Waals surface area contributed by atoms with Crippen molar-refractivity contribution in [3.63, 3.8) is 0 Å². The topological polar surface area (TPSA) is 37.8 Å². The van der Waals surface area contributed by atoms with E-state index in [9.17, 15) is 18.0 Å². The predicted octanol–water partition coefficient (Wildman–Crippen LogP) is 5.01. The van der Waals surface area contributed by atoms with Gasteiger partial charge < -0.3 is 9.55 Å². The number of aromatic amines is 1. The summed E-state index contributed by atoms with van der Waals surface area (Å²) in [5, 5.41) is 0.924. The Morgan fingerprint density at radius 1 is 1.04 bits per heavy atom. The third-order valence-corrected chi connectivity index (χ3v) is 4.70. The largest absolute Gasteiger partial charge is 0.431 e. The van der Waals surface area contributed by atoms with Crippen LogP contribution >= 0.6 is 0 Å². The third-order valence-electron chi connectivity index (χ3n) is 4.70. The fraction of sp³-hybridized carbons (Fsp3) is 0.150. The zero-order valence-electron chi connectivity index (χ0n) is 14.1. The van der Waals surface area contributed by atoms with Crippen LogP contribution in [0.1, 0.15) is 11.3 Å². The van der Waals surface area contributed by atoms with Gasteiger partial charge in [-0.2, -0.15) is 13.2 Å². The summed E-state index contributed by atoms with van der Waals surface area (Å²) < 4.78 is 41.1. The minimum Gasteiger partial charge on any atom is -0.351 e. The average molecular weight is 356 g/mol. The number of pyridine rings is 1. The van der Waals surface area contributed by atoms with E-state index < -0.39 is 17.3 Å².